The summed E-state index contributed by atoms with van der Waals surface area (Å²) in [5.41, 5.74) is 1.93. The van der Waals surface area contributed by atoms with Crippen molar-refractivity contribution in [1.82, 2.24) is 4.90 Å². The Morgan fingerprint density at radius 1 is 1.40 bits per heavy atom. The monoisotopic (exact) mass is 290 g/mol. The maximum absolute atomic E-state index is 12.3. The first-order valence-corrected chi connectivity index (χ1v) is 7.60. The Hall–Kier alpha value is -1.62. The highest BCUT2D eigenvalue weighted by atomic mass is 32.2. The molecule has 20 heavy (non-hydrogen) atoms. The van der Waals surface area contributed by atoms with E-state index < -0.39 is 0 Å². The second kappa shape index (κ2) is 6.70. The van der Waals surface area contributed by atoms with Crippen LogP contribution in [0.2, 0.25) is 0 Å². The van der Waals surface area contributed by atoms with E-state index in [4.69, 9.17) is 0 Å². The predicted molar refractivity (Wildman–Crippen MR) is 85.1 cm³/mol. The number of hydrogen-bond acceptors (Lipinski definition) is 2. The van der Waals surface area contributed by atoms with Crippen LogP contribution in [0.4, 0.5) is 0 Å². The van der Waals surface area contributed by atoms with Crippen LogP contribution < -0.4 is 0 Å². The van der Waals surface area contributed by atoms with Gasteiger partial charge in [-0.2, -0.15) is 0 Å². The number of nitrogens with zero attached hydrogens (tertiary/aromatic N) is 3. The van der Waals surface area contributed by atoms with Crippen LogP contribution in [-0.4, -0.2) is 59.7 Å². The summed E-state index contributed by atoms with van der Waals surface area (Å²) in [6.45, 7) is 3.30. The van der Waals surface area contributed by atoms with Gasteiger partial charge in [0.25, 0.3) is 11.5 Å². The summed E-state index contributed by atoms with van der Waals surface area (Å²) in [5.74, 6) is 1.13. The molecule has 1 aromatic rings. The number of aliphatic imine (C=N–C) groups is 1. The van der Waals surface area contributed by atoms with Crippen LogP contribution in [0.5, 0.6) is 0 Å². The lowest BCUT2D eigenvalue weighted by Crippen LogP contribution is -2.31. The molecule has 1 aliphatic rings. The van der Waals surface area contributed by atoms with Gasteiger partial charge in [-0.1, -0.05) is 41.6 Å². The molecule has 0 atom stereocenters. The average Bonchev–Trinajstić information content (AvgIpc) is 2.84. The van der Waals surface area contributed by atoms with E-state index in [1.165, 1.54) is 5.56 Å². The number of rotatable bonds is 4. The molecule has 0 aromatic heterocycles. The van der Waals surface area contributed by atoms with Crippen molar-refractivity contribution in [2.24, 2.45) is 4.99 Å². The molecule has 1 saturated heterocycles. The molecule has 0 N–H and O–H groups in total. The molecule has 4 nitrogen and oxygen atoms in total. The third-order valence-corrected chi connectivity index (χ3v) is 3.98. The number of amidine groups is 1. The van der Waals surface area contributed by atoms with Gasteiger partial charge in [0.15, 0.2) is 5.78 Å². The Labute approximate surface area is 124 Å². The van der Waals surface area contributed by atoms with E-state index in [2.05, 4.69) is 4.99 Å². The van der Waals surface area contributed by atoms with Crippen LogP contribution in [0.1, 0.15) is 15.9 Å². The zero-order valence-corrected chi connectivity index (χ0v) is 13.0. The van der Waals surface area contributed by atoms with Gasteiger partial charge in [0.1, 0.15) is 0 Å². The Morgan fingerprint density at radius 3 is 2.75 bits per heavy atom. The molecule has 2 rings (SSSR count). The summed E-state index contributed by atoms with van der Waals surface area (Å²) in [7, 11) is 3.87. The van der Waals surface area contributed by atoms with Gasteiger partial charge in [-0.05, 0) is 11.9 Å². The SMILES string of the molecule is Cc1ccc(C(=O)CN2CCSC2=NC=[N+](C)C)cc1. The highest BCUT2D eigenvalue weighted by molar-refractivity contribution is 8.14. The van der Waals surface area contributed by atoms with E-state index in [9.17, 15) is 4.79 Å². The third kappa shape index (κ3) is 3.93. The van der Waals surface area contributed by atoms with Crippen molar-refractivity contribution < 1.29 is 9.37 Å². The minimum atomic E-state index is 0.144. The molecule has 0 aliphatic carbocycles. The van der Waals surface area contributed by atoms with Crippen molar-refractivity contribution in [1.29, 1.82) is 0 Å². The molecule has 0 spiro atoms. The quantitative estimate of drug-likeness (QED) is 0.368. The summed E-state index contributed by atoms with van der Waals surface area (Å²) in [5, 5.41) is 0.930. The summed E-state index contributed by atoms with van der Waals surface area (Å²) < 4.78 is 1.89. The summed E-state index contributed by atoms with van der Waals surface area (Å²) in [6, 6.07) is 7.73. The first kappa shape index (κ1) is 14.8. The standard InChI is InChI=1S/C15H20N3OS/c1-12-4-6-13(7-5-12)14(19)10-18-8-9-20-15(18)16-11-17(2)3/h4-7,11H,8-10H2,1-3H3/q+1. The smallest absolute Gasteiger partial charge is 0.284 e. The molecule has 1 heterocycles. The molecule has 0 radical (unpaired) electrons. The fourth-order valence-electron chi connectivity index (χ4n) is 1.87. The van der Waals surface area contributed by atoms with Crippen molar-refractivity contribution in [3.63, 3.8) is 0 Å². The van der Waals surface area contributed by atoms with Gasteiger partial charge in [-0.3, -0.25) is 9.37 Å². The minimum absolute atomic E-state index is 0.144. The Kier molecular flexibility index (Phi) is 4.95. The topological polar surface area (TPSA) is 35.7 Å². The van der Waals surface area contributed by atoms with Crippen molar-refractivity contribution in [3.8, 4) is 0 Å². The molecule has 1 aromatic carbocycles. The van der Waals surface area contributed by atoms with Crippen molar-refractivity contribution >= 4 is 29.1 Å². The van der Waals surface area contributed by atoms with Crippen LogP contribution in [0, 0.1) is 6.92 Å². The van der Waals surface area contributed by atoms with Crippen molar-refractivity contribution in [2.75, 3.05) is 32.9 Å². The molecule has 0 unspecified atom stereocenters. The molecule has 1 aliphatic heterocycles. The predicted octanol–water partition coefficient (Wildman–Crippen LogP) is 1.88. The van der Waals surface area contributed by atoms with Crippen LogP contribution in [0.25, 0.3) is 0 Å². The molecular weight excluding hydrogens is 270 g/mol. The molecule has 106 valence electrons. The van der Waals surface area contributed by atoms with Crippen LogP contribution in [-0.2, 0) is 0 Å². The number of carbonyl (C=O) groups is 1. The number of ketones is 1. The number of hydrogen-bond donors (Lipinski definition) is 0. The first-order valence-electron chi connectivity index (χ1n) is 6.61. The van der Waals surface area contributed by atoms with E-state index in [-0.39, 0.29) is 5.78 Å². The maximum atomic E-state index is 12.3. The van der Waals surface area contributed by atoms with E-state index in [1.807, 2.05) is 54.8 Å². The largest absolute Gasteiger partial charge is 0.322 e. The van der Waals surface area contributed by atoms with Crippen LogP contribution in [0.3, 0.4) is 0 Å². The van der Waals surface area contributed by atoms with Gasteiger partial charge >= 0.3 is 0 Å². The summed E-state index contributed by atoms with van der Waals surface area (Å²) >= 11 is 1.70. The lowest BCUT2D eigenvalue weighted by atomic mass is 10.1. The normalized spacial score (nSPS) is 16.6. The van der Waals surface area contributed by atoms with Gasteiger partial charge in [-0.25, -0.2) is 0 Å². The van der Waals surface area contributed by atoms with E-state index in [0.717, 1.165) is 23.0 Å². The fourth-order valence-corrected chi connectivity index (χ4v) is 2.82. The molecule has 5 heteroatoms. The average molecular weight is 290 g/mol. The van der Waals surface area contributed by atoms with E-state index in [0.29, 0.717) is 6.54 Å². The summed E-state index contributed by atoms with van der Waals surface area (Å²) in [6.07, 6.45) is 1.77. The Bertz CT molecular complexity index is 545. The van der Waals surface area contributed by atoms with Crippen LogP contribution in [0.15, 0.2) is 29.3 Å². The first-order chi connectivity index (χ1) is 9.56. The second-order valence-electron chi connectivity index (χ2n) is 5.05. The van der Waals surface area contributed by atoms with Crippen LogP contribution >= 0.6 is 11.8 Å². The van der Waals surface area contributed by atoms with Gasteiger partial charge in [0.2, 0.25) is 0 Å². The number of carbonyl (C=O) groups excluding carboxylic acids is 1. The van der Waals surface area contributed by atoms with Gasteiger partial charge in [-0.15, -0.1) is 0 Å². The lowest BCUT2D eigenvalue weighted by molar-refractivity contribution is -0.460. The maximum Gasteiger partial charge on any atom is 0.284 e. The van der Waals surface area contributed by atoms with Crippen molar-refractivity contribution in [3.05, 3.63) is 35.4 Å². The summed E-state index contributed by atoms with van der Waals surface area (Å²) in [4.78, 5) is 18.7. The Morgan fingerprint density at radius 2 is 2.10 bits per heavy atom. The van der Waals surface area contributed by atoms with E-state index >= 15 is 0 Å². The van der Waals surface area contributed by atoms with Gasteiger partial charge < -0.3 is 4.90 Å². The molecule has 1 fully saturated rings. The fraction of sp³-hybridized carbons (Fsp3) is 0.400. The van der Waals surface area contributed by atoms with Crippen molar-refractivity contribution in [2.45, 2.75) is 6.92 Å². The number of aryl methyl sites for hydroxylation is 1. The van der Waals surface area contributed by atoms with E-state index in [1.54, 1.807) is 18.1 Å². The zero-order chi connectivity index (χ0) is 14.5. The number of benzene rings is 1. The Balaban J connectivity index is 2.05. The zero-order valence-electron chi connectivity index (χ0n) is 12.2. The minimum Gasteiger partial charge on any atom is -0.322 e. The molecule has 0 amide bonds. The number of thioether (sulfide) groups is 1. The third-order valence-electron chi connectivity index (χ3n) is 2.97. The highest BCUT2D eigenvalue weighted by Crippen LogP contribution is 2.18. The lowest BCUT2D eigenvalue weighted by Gasteiger charge is -2.13. The molecule has 0 bridgehead atoms. The number of Topliss-reactive ketones (excluding diaryl/α,β-unsaturated/α-hetero) is 1. The highest BCUT2D eigenvalue weighted by Gasteiger charge is 2.25. The molecule has 0 saturated carbocycles. The van der Waals surface area contributed by atoms with Gasteiger partial charge in [0.05, 0.1) is 20.6 Å². The van der Waals surface area contributed by atoms with Gasteiger partial charge in [0, 0.05) is 17.9 Å². The second-order valence-corrected chi connectivity index (χ2v) is 6.11. The molecular formula is C15H20N3OS+.